The van der Waals surface area contributed by atoms with Gasteiger partial charge >= 0.3 is 0 Å². The minimum absolute atomic E-state index is 0.850. The Morgan fingerprint density at radius 2 is 1.64 bits per heavy atom. The molecule has 0 bridgehead atoms. The first kappa shape index (κ1) is 10.5. The third-order valence-corrected chi connectivity index (χ3v) is 4.80. The minimum Gasteiger partial charge on any atom is -0.0654 e. The Morgan fingerprint density at radius 1 is 1.00 bits per heavy atom. The van der Waals surface area contributed by atoms with Crippen molar-refractivity contribution >= 4 is 0 Å². The molecule has 2 aliphatic rings. The van der Waals surface area contributed by atoms with Crippen LogP contribution in [0.2, 0.25) is 0 Å². The Kier molecular flexibility index (Phi) is 3.52. The Morgan fingerprint density at radius 3 is 2.21 bits per heavy atom. The third-order valence-electron chi connectivity index (χ3n) is 4.80. The fourth-order valence-electron chi connectivity index (χ4n) is 3.70. The van der Waals surface area contributed by atoms with Crippen LogP contribution < -0.4 is 0 Å². The first-order valence-electron chi connectivity index (χ1n) is 6.85. The summed E-state index contributed by atoms with van der Waals surface area (Å²) in [6.07, 6.45) is 16.8. The van der Waals surface area contributed by atoms with Gasteiger partial charge in [-0.25, -0.2) is 0 Å². The molecule has 0 amide bonds. The van der Waals surface area contributed by atoms with Crippen molar-refractivity contribution in [1.82, 2.24) is 0 Å². The van der Waals surface area contributed by atoms with Gasteiger partial charge in [0.05, 0.1) is 0 Å². The smallest absolute Gasteiger partial charge is 0.0297 e. The zero-order chi connectivity index (χ0) is 9.86. The first-order chi connectivity index (χ1) is 6.85. The molecule has 0 aromatic rings. The molecule has 0 nitrogen and oxygen atoms in total. The van der Waals surface area contributed by atoms with Crippen molar-refractivity contribution in [2.75, 3.05) is 0 Å². The van der Waals surface area contributed by atoms with Crippen LogP contribution in [0.5, 0.6) is 0 Å². The van der Waals surface area contributed by atoms with E-state index in [4.69, 9.17) is 0 Å². The van der Waals surface area contributed by atoms with Crippen molar-refractivity contribution in [3.8, 4) is 0 Å². The highest BCUT2D eigenvalue weighted by molar-refractivity contribution is 4.89. The van der Waals surface area contributed by atoms with E-state index in [1.54, 1.807) is 38.5 Å². The Labute approximate surface area is 89.5 Å². The van der Waals surface area contributed by atoms with Crippen LogP contribution in [0.1, 0.15) is 77.6 Å². The average Bonchev–Trinajstić information content (AvgIpc) is 2.66. The number of unbranched alkanes of at least 4 members (excludes halogenated alkanes) is 1. The van der Waals surface area contributed by atoms with E-state index >= 15 is 0 Å². The maximum absolute atomic E-state index is 2.32. The molecule has 1 spiro atoms. The Balaban J connectivity index is 1.74. The van der Waals surface area contributed by atoms with Crippen LogP contribution in [0.4, 0.5) is 0 Å². The van der Waals surface area contributed by atoms with Gasteiger partial charge in [-0.1, -0.05) is 39.0 Å². The lowest BCUT2D eigenvalue weighted by atomic mass is 9.68. The summed E-state index contributed by atoms with van der Waals surface area (Å²) in [6.45, 7) is 2.32. The SMILES string of the molecule is CCCCC1CCC2(CCCC2)CC1. The fourth-order valence-corrected chi connectivity index (χ4v) is 3.70. The van der Waals surface area contributed by atoms with Crippen LogP contribution in [0.25, 0.3) is 0 Å². The van der Waals surface area contributed by atoms with Crippen molar-refractivity contribution in [3.63, 3.8) is 0 Å². The maximum Gasteiger partial charge on any atom is -0.0297 e. The lowest BCUT2D eigenvalue weighted by molar-refractivity contribution is 0.149. The monoisotopic (exact) mass is 194 g/mol. The van der Waals surface area contributed by atoms with Gasteiger partial charge in [0, 0.05) is 0 Å². The number of hydrogen-bond donors (Lipinski definition) is 0. The third kappa shape index (κ3) is 2.32. The van der Waals surface area contributed by atoms with Gasteiger partial charge in [-0.05, 0) is 49.9 Å². The van der Waals surface area contributed by atoms with E-state index in [1.807, 2.05) is 0 Å². The molecule has 2 aliphatic carbocycles. The Bertz CT molecular complexity index is 155. The molecule has 2 saturated carbocycles. The standard InChI is InChI=1S/C14H26/c1-2-3-6-13-7-11-14(12-8-13)9-4-5-10-14/h13H,2-12H2,1H3. The van der Waals surface area contributed by atoms with E-state index in [0.29, 0.717) is 0 Å². The van der Waals surface area contributed by atoms with Gasteiger partial charge in [0.2, 0.25) is 0 Å². The summed E-state index contributed by atoms with van der Waals surface area (Å²) in [4.78, 5) is 0. The molecule has 0 radical (unpaired) electrons. The lowest BCUT2D eigenvalue weighted by Crippen LogP contribution is -2.24. The number of rotatable bonds is 3. The Hall–Kier alpha value is 0. The first-order valence-corrected chi connectivity index (χ1v) is 6.85. The average molecular weight is 194 g/mol. The second-order valence-electron chi connectivity index (χ2n) is 5.79. The van der Waals surface area contributed by atoms with Gasteiger partial charge in [-0.3, -0.25) is 0 Å². The largest absolute Gasteiger partial charge is 0.0654 e. The topological polar surface area (TPSA) is 0 Å². The molecule has 0 aromatic carbocycles. The van der Waals surface area contributed by atoms with Crippen molar-refractivity contribution in [3.05, 3.63) is 0 Å². The van der Waals surface area contributed by atoms with Gasteiger partial charge in [-0.2, -0.15) is 0 Å². The number of hydrogen-bond acceptors (Lipinski definition) is 0. The molecule has 2 rings (SSSR count). The molecular weight excluding hydrogens is 168 g/mol. The summed E-state index contributed by atoms with van der Waals surface area (Å²) in [5.41, 5.74) is 0.850. The molecule has 0 heterocycles. The van der Waals surface area contributed by atoms with Crippen LogP contribution >= 0.6 is 0 Å². The van der Waals surface area contributed by atoms with Crippen molar-refractivity contribution < 1.29 is 0 Å². The summed E-state index contributed by atoms with van der Waals surface area (Å²) in [5, 5.41) is 0. The molecular formula is C14H26. The molecule has 2 fully saturated rings. The highest BCUT2D eigenvalue weighted by Crippen LogP contribution is 2.50. The predicted octanol–water partition coefficient (Wildman–Crippen LogP) is 4.93. The summed E-state index contributed by atoms with van der Waals surface area (Å²) in [6, 6.07) is 0. The predicted molar refractivity (Wildman–Crippen MR) is 62.4 cm³/mol. The van der Waals surface area contributed by atoms with Gasteiger partial charge in [-0.15, -0.1) is 0 Å². The maximum atomic E-state index is 2.32. The molecule has 0 heteroatoms. The molecule has 0 atom stereocenters. The molecule has 0 aliphatic heterocycles. The highest BCUT2D eigenvalue weighted by Gasteiger charge is 2.36. The van der Waals surface area contributed by atoms with Gasteiger partial charge in [0.15, 0.2) is 0 Å². The summed E-state index contributed by atoms with van der Waals surface area (Å²) >= 11 is 0. The minimum atomic E-state index is 0.850. The summed E-state index contributed by atoms with van der Waals surface area (Å²) in [5.74, 6) is 1.10. The quantitative estimate of drug-likeness (QED) is 0.597. The van der Waals surface area contributed by atoms with E-state index in [9.17, 15) is 0 Å². The van der Waals surface area contributed by atoms with Crippen LogP contribution in [0, 0.1) is 11.3 Å². The molecule has 0 saturated heterocycles. The van der Waals surface area contributed by atoms with Crippen LogP contribution in [0.3, 0.4) is 0 Å². The van der Waals surface area contributed by atoms with E-state index < -0.39 is 0 Å². The van der Waals surface area contributed by atoms with E-state index in [-0.39, 0.29) is 0 Å². The second kappa shape index (κ2) is 4.68. The highest BCUT2D eigenvalue weighted by atomic mass is 14.4. The van der Waals surface area contributed by atoms with Crippen molar-refractivity contribution in [1.29, 1.82) is 0 Å². The van der Waals surface area contributed by atoms with E-state index in [0.717, 1.165) is 11.3 Å². The van der Waals surface area contributed by atoms with Crippen molar-refractivity contribution in [2.45, 2.75) is 77.6 Å². The van der Waals surface area contributed by atoms with E-state index in [2.05, 4.69) is 6.92 Å². The molecule has 14 heavy (non-hydrogen) atoms. The van der Waals surface area contributed by atoms with Gasteiger partial charge in [0.25, 0.3) is 0 Å². The second-order valence-corrected chi connectivity index (χ2v) is 5.79. The van der Waals surface area contributed by atoms with Crippen LogP contribution in [-0.4, -0.2) is 0 Å². The van der Waals surface area contributed by atoms with Crippen LogP contribution in [-0.2, 0) is 0 Å². The zero-order valence-electron chi connectivity index (χ0n) is 9.86. The van der Waals surface area contributed by atoms with Gasteiger partial charge in [0.1, 0.15) is 0 Å². The fraction of sp³-hybridized carbons (Fsp3) is 1.00. The van der Waals surface area contributed by atoms with E-state index in [1.165, 1.54) is 32.1 Å². The summed E-state index contributed by atoms with van der Waals surface area (Å²) < 4.78 is 0. The lowest BCUT2D eigenvalue weighted by Gasteiger charge is -2.37. The molecule has 82 valence electrons. The molecule has 0 N–H and O–H groups in total. The van der Waals surface area contributed by atoms with Crippen LogP contribution in [0.15, 0.2) is 0 Å². The molecule has 0 aromatic heterocycles. The summed E-state index contributed by atoms with van der Waals surface area (Å²) in [7, 11) is 0. The molecule has 0 unspecified atom stereocenters. The van der Waals surface area contributed by atoms with Gasteiger partial charge < -0.3 is 0 Å². The van der Waals surface area contributed by atoms with Crippen molar-refractivity contribution in [2.24, 2.45) is 11.3 Å². The zero-order valence-corrected chi connectivity index (χ0v) is 9.86. The normalized spacial score (nSPS) is 27.2.